The zero-order valence-corrected chi connectivity index (χ0v) is 14.0. The van der Waals surface area contributed by atoms with Crippen LogP contribution in [0.15, 0.2) is 66.9 Å². The van der Waals surface area contributed by atoms with Crippen LogP contribution in [0.3, 0.4) is 0 Å². The highest BCUT2D eigenvalue weighted by atomic mass is 32.2. The van der Waals surface area contributed by atoms with Gasteiger partial charge in [0.2, 0.25) is 0 Å². The number of anilines is 1. The molecule has 0 aliphatic rings. The molecule has 118 valence electrons. The third kappa shape index (κ3) is 4.04. The number of thiophene rings is 1. The van der Waals surface area contributed by atoms with Crippen LogP contribution in [-0.4, -0.2) is 20.3 Å². The molecular weight excluding hydrogens is 328 g/mol. The van der Waals surface area contributed by atoms with E-state index in [1.54, 1.807) is 6.20 Å². The lowest BCUT2D eigenvalue weighted by atomic mass is 10.1. The van der Waals surface area contributed by atoms with Crippen molar-refractivity contribution < 1.29 is 8.76 Å². The van der Waals surface area contributed by atoms with Gasteiger partial charge in [-0.1, -0.05) is 36.4 Å². The van der Waals surface area contributed by atoms with Crippen LogP contribution in [0.1, 0.15) is 5.56 Å². The molecule has 0 aliphatic heterocycles. The predicted octanol–water partition coefficient (Wildman–Crippen LogP) is 4.00. The average molecular weight is 344 g/mol. The van der Waals surface area contributed by atoms with E-state index in [9.17, 15) is 8.76 Å². The van der Waals surface area contributed by atoms with Crippen molar-refractivity contribution in [1.29, 1.82) is 0 Å². The van der Waals surface area contributed by atoms with Gasteiger partial charge in [0, 0.05) is 12.7 Å². The van der Waals surface area contributed by atoms with Crippen molar-refractivity contribution in [2.24, 2.45) is 0 Å². The summed E-state index contributed by atoms with van der Waals surface area (Å²) in [6, 6.07) is 19.5. The summed E-state index contributed by atoms with van der Waals surface area (Å²) in [7, 11) is 0. The van der Waals surface area contributed by atoms with E-state index in [1.165, 1.54) is 15.6 Å². The maximum absolute atomic E-state index is 11.7. The van der Waals surface area contributed by atoms with E-state index in [4.69, 9.17) is 0 Å². The van der Waals surface area contributed by atoms with Crippen LogP contribution in [0.2, 0.25) is 0 Å². The summed E-state index contributed by atoms with van der Waals surface area (Å²) >= 11 is -0.580. The fourth-order valence-corrected chi connectivity index (χ4v) is 3.93. The highest BCUT2D eigenvalue weighted by Crippen LogP contribution is 2.33. The predicted molar refractivity (Wildman–Crippen MR) is 95.8 cm³/mol. The van der Waals surface area contributed by atoms with Crippen molar-refractivity contribution in [3.63, 3.8) is 0 Å². The van der Waals surface area contributed by atoms with Crippen molar-refractivity contribution in [1.82, 2.24) is 4.98 Å². The number of aromatic nitrogens is 1. The van der Waals surface area contributed by atoms with Crippen LogP contribution in [0, 0.1) is 0 Å². The molecule has 1 atom stereocenters. The topological polar surface area (TPSA) is 53.4 Å². The minimum atomic E-state index is -2.05. The molecule has 0 spiro atoms. The third-order valence-electron chi connectivity index (χ3n) is 3.39. The number of hydrogen-bond acceptors (Lipinski definition) is 3. The van der Waals surface area contributed by atoms with Crippen molar-refractivity contribution >= 4 is 27.6 Å². The normalized spacial score (nSPS) is 12.0. The Hall–Kier alpha value is -2.02. The second-order valence-corrected chi connectivity index (χ2v) is 6.89. The summed E-state index contributed by atoms with van der Waals surface area (Å²) in [6.07, 6.45) is 2.45. The molecule has 3 rings (SSSR count). The monoisotopic (exact) mass is 344 g/mol. The van der Waals surface area contributed by atoms with Crippen molar-refractivity contribution in [2.45, 2.75) is 6.42 Å². The van der Waals surface area contributed by atoms with E-state index < -0.39 is 11.3 Å². The molecule has 0 saturated carbocycles. The Morgan fingerprint density at radius 2 is 1.83 bits per heavy atom. The van der Waals surface area contributed by atoms with Gasteiger partial charge in [-0.25, -0.2) is 4.21 Å². The van der Waals surface area contributed by atoms with E-state index in [0.29, 0.717) is 13.0 Å². The smallest absolute Gasteiger partial charge is 0.262 e. The molecule has 6 heteroatoms. The molecule has 23 heavy (non-hydrogen) atoms. The molecule has 0 amide bonds. The van der Waals surface area contributed by atoms with Gasteiger partial charge in [0.05, 0.1) is 10.6 Å². The lowest BCUT2D eigenvalue weighted by molar-refractivity contribution is 0.559. The summed E-state index contributed by atoms with van der Waals surface area (Å²) in [4.78, 5) is 5.30. The SMILES string of the molecule is O=S(O)N(CCc1ccccc1)c1ccc(-c2ccccn2)s1. The maximum Gasteiger partial charge on any atom is 0.262 e. The number of nitrogens with zero attached hydrogens (tertiary/aromatic N) is 2. The number of hydrogen-bond donors (Lipinski definition) is 1. The van der Waals surface area contributed by atoms with Gasteiger partial charge >= 0.3 is 0 Å². The first-order chi connectivity index (χ1) is 11.2. The molecule has 1 aromatic carbocycles. The molecule has 0 radical (unpaired) electrons. The first kappa shape index (κ1) is 15.9. The van der Waals surface area contributed by atoms with Gasteiger partial charge in [0.1, 0.15) is 5.00 Å². The van der Waals surface area contributed by atoms with Gasteiger partial charge in [-0.3, -0.25) is 13.8 Å². The summed E-state index contributed by atoms with van der Waals surface area (Å²) in [5.41, 5.74) is 2.01. The molecule has 0 bridgehead atoms. The van der Waals surface area contributed by atoms with E-state index in [0.717, 1.165) is 21.1 Å². The van der Waals surface area contributed by atoms with Gasteiger partial charge in [-0.2, -0.15) is 0 Å². The van der Waals surface area contributed by atoms with Crippen LogP contribution in [-0.2, 0) is 17.7 Å². The molecule has 0 fully saturated rings. The molecule has 0 saturated heterocycles. The maximum atomic E-state index is 11.7. The van der Waals surface area contributed by atoms with Gasteiger partial charge in [-0.15, -0.1) is 11.3 Å². The molecule has 2 aromatic heterocycles. The van der Waals surface area contributed by atoms with E-state index in [1.807, 2.05) is 60.7 Å². The Morgan fingerprint density at radius 1 is 1.04 bits per heavy atom. The Balaban J connectivity index is 1.76. The van der Waals surface area contributed by atoms with Crippen LogP contribution in [0.25, 0.3) is 10.6 Å². The first-order valence-corrected chi connectivity index (χ1v) is 9.06. The number of rotatable bonds is 6. The second-order valence-electron chi connectivity index (χ2n) is 4.92. The van der Waals surface area contributed by atoms with Crippen molar-refractivity contribution in [3.8, 4) is 10.6 Å². The Kier molecular flexibility index (Phi) is 5.17. The van der Waals surface area contributed by atoms with Gasteiger partial charge in [0.25, 0.3) is 11.3 Å². The molecule has 0 aliphatic carbocycles. The minimum absolute atomic E-state index is 0.481. The Bertz CT molecular complexity index is 776. The summed E-state index contributed by atoms with van der Waals surface area (Å²) in [5.74, 6) is 0. The summed E-state index contributed by atoms with van der Waals surface area (Å²) in [5, 5.41) is 0.766. The second kappa shape index (κ2) is 7.50. The van der Waals surface area contributed by atoms with E-state index in [2.05, 4.69) is 4.98 Å². The zero-order chi connectivity index (χ0) is 16.1. The van der Waals surface area contributed by atoms with Gasteiger partial charge in [-0.05, 0) is 36.2 Å². The highest BCUT2D eigenvalue weighted by Gasteiger charge is 2.15. The summed E-state index contributed by atoms with van der Waals surface area (Å²) in [6.45, 7) is 0.481. The average Bonchev–Trinajstić information content (AvgIpc) is 3.06. The first-order valence-electron chi connectivity index (χ1n) is 7.18. The molecule has 1 N–H and O–H groups in total. The van der Waals surface area contributed by atoms with Crippen molar-refractivity contribution in [3.05, 3.63) is 72.4 Å². The molecular formula is C17H16N2O2S2. The van der Waals surface area contributed by atoms with Crippen LogP contribution < -0.4 is 4.31 Å². The summed E-state index contributed by atoms with van der Waals surface area (Å²) < 4.78 is 22.8. The lowest BCUT2D eigenvalue weighted by Gasteiger charge is -2.17. The molecule has 4 nitrogen and oxygen atoms in total. The fourth-order valence-electron chi connectivity index (χ4n) is 2.25. The lowest BCUT2D eigenvalue weighted by Crippen LogP contribution is -2.26. The molecule has 1 unspecified atom stereocenters. The zero-order valence-electron chi connectivity index (χ0n) is 12.3. The number of pyridine rings is 1. The Morgan fingerprint density at radius 3 is 2.52 bits per heavy atom. The standard InChI is InChI=1S/C17H16N2O2S2/c20-23(21)19(13-11-14-6-2-1-3-7-14)17-10-9-16(22-17)15-8-4-5-12-18-15/h1-10,12H,11,13H2,(H,20,21). The van der Waals surface area contributed by atoms with E-state index >= 15 is 0 Å². The fraction of sp³-hybridized carbons (Fsp3) is 0.118. The number of benzene rings is 1. The largest absolute Gasteiger partial charge is 0.289 e. The van der Waals surface area contributed by atoms with Crippen LogP contribution >= 0.6 is 11.3 Å². The molecule has 3 aromatic rings. The third-order valence-corrected chi connectivity index (χ3v) is 5.39. The van der Waals surface area contributed by atoms with Crippen LogP contribution in [0.4, 0.5) is 5.00 Å². The van der Waals surface area contributed by atoms with Crippen molar-refractivity contribution in [2.75, 3.05) is 10.8 Å². The van der Waals surface area contributed by atoms with Gasteiger partial charge < -0.3 is 0 Å². The Labute approximate surface area is 141 Å². The highest BCUT2D eigenvalue weighted by molar-refractivity contribution is 7.81. The van der Waals surface area contributed by atoms with Crippen LogP contribution in [0.5, 0.6) is 0 Å². The molecule has 2 heterocycles. The van der Waals surface area contributed by atoms with E-state index in [-0.39, 0.29) is 0 Å². The minimum Gasteiger partial charge on any atom is -0.289 e. The van der Waals surface area contributed by atoms with Gasteiger partial charge in [0.15, 0.2) is 0 Å². The quantitative estimate of drug-likeness (QED) is 0.688.